The van der Waals surface area contributed by atoms with Crippen molar-refractivity contribution in [2.45, 2.75) is 45.1 Å². The number of hydrogen-bond acceptors (Lipinski definition) is 7. The lowest BCUT2D eigenvalue weighted by atomic mass is 9.94. The van der Waals surface area contributed by atoms with Gasteiger partial charge in [0.25, 0.3) is 11.8 Å². The molecule has 2 aromatic carbocycles. The van der Waals surface area contributed by atoms with Crippen LogP contribution in [0.4, 0.5) is 5.69 Å². The Labute approximate surface area is 211 Å². The van der Waals surface area contributed by atoms with Gasteiger partial charge in [0.05, 0.1) is 25.5 Å². The quantitative estimate of drug-likeness (QED) is 0.466. The second-order valence-corrected chi connectivity index (χ2v) is 8.45. The van der Waals surface area contributed by atoms with Gasteiger partial charge in [-0.05, 0) is 50.1 Å². The first-order valence-electron chi connectivity index (χ1n) is 12.2. The van der Waals surface area contributed by atoms with Crippen LogP contribution < -0.4 is 19.5 Å². The fourth-order valence-corrected chi connectivity index (χ4v) is 4.32. The first-order chi connectivity index (χ1) is 17.5. The Morgan fingerprint density at radius 3 is 2.33 bits per heavy atom. The lowest BCUT2D eigenvalue weighted by molar-refractivity contribution is -0.137. The number of benzene rings is 2. The summed E-state index contributed by atoms with van der Waals surface area (Å²) in [5, 5.41) is 2.72. The van der Waals surface area contributed by atoms with Crippen molar-refractivity contribution < 1.29 is 33.3 Å². The summed E-state index contributed by atoms with van der Waals surface area (Å²) >= 11 is 0. The number of methoxy groups -OCH3 is 2. The summed E-state index contributed by atoms with van der Waals surface area (Å²) in [6, 6.07) is 11.7. The van der Waals surface area contributed by atoms with Crippen LogP contribution in [-0.4, -0.2) is 62.7 Å². The number of para-hydroxylation sites is 2. The number of anilines is 1. The first-order valence-corrected chi connectivity index (χ1v) is 12.2. The number of carbonyl (C=O) groups is 3. The van der Waals surface area contributed by atoms with E-state index in [1.165, 1.54) is 38.8 Å². The Morgan fingerprint density at radius 2 is 1.64 bits per heavy atom. The minimum Gasteiger partial charge on any atom is -0.495 e. The van der Waals surface area contributed by atoms with Gasteiger partial charge in [0.15, 0.2) is 24.7 Å². The van der Waals surface area contributed by atoms with Gasteiger partial charge < -0.3 is 29.2 Å². The summed E-state index contributed by atoms with van der Waals surface area (Å²) in [6.07, 6.45) is 5.41. The molecular formula is C27H34N2O7. The van der Waals surface area contributed by atoms with E-state index in [0.29, 0.717) is 18.0 Å². The fraction of sp³-hybridized carbons (Fsp3) is 0.444. The number of ether oxygens (including phenoxy) is 4. The molecule has 0 heterocycles. The van der Waals surface area contributed by atoms with E-state index in [0.717, 1.165) is 25.7 Å². The van der Waals surface area contributed by atoms with Gasteiger partial charge in [-0.3, -0.25) is 9.59 Å². The monoisotopic (exact) mass is 498 g/mol. The summed E-state index contributed by atoms with van der Waals surface area (Å²) in [5.41, 5.74) is 0.740. The van der Waals surface area contributed by atoms with E-state index in [1.54, 1.807) is 29.2 Å². The molecule has 1 aliphatic carbocycles. The normalized spacial score (nSPS) is 13.4. The lowest BCUT2D eigenvalue weighted by Gasteiger charge is -2.33. The third kappa shape index (κ3) is 7.13. The van der Waals surface area contributed by atoms with Crippen molar-refractivity contribution in [3.8, 4) is 17.2 Å². The molecule has 1 fully saturated rings. The van der Waals surface area contributed by atoms with E-state index >= 15 is 0 Å². The van der Waals surface area contributed by atoms with Crippen molar-refractivity contribution >= 4 is 23.5 Å². The van der Waals surface area contributed by atoms with Gasteiger partial charge in [0.2, 0.25) is 0 Å². The number of rotatable bonds is 11. The molecule has 2 amide bonds. The Bertz CT molecular complexity index is 1050. The standard InChI is InChI=1S/C27H34N2O7/c1-4-29(20-10-6-5-7-11-20)26(31)18-36-27(32)19-14-15-23(24(16-19)34-3)35-17-25(30)28-21-12-8-9-13-22(21)33-2/h8-9,12-16,20H,4-7,10-11,17-18H2,1-3H3,(H,28,30). The molecular weight excluding hydrogens is 464 g/mol. The van der Waals surface area contributed by atoms with Gasteiger partial charge in [0.1, 0.15) is 5.75 Å². The molecule has 0 aromatic heterocycles. The molecule has 3 rings (SSSR count). The highest BCUT2D eigenvalue weighted by molar-refractivity contribution is 5.94. The number of esters is 1. The van der Waals surface area contributed by atoms with Gasteiger partial charge in [-0.2, -0.15) is 0 Å². The summed E-state index contributed by atoms with van der Waals surface area (Å²) < 4.78 is 21.4. The van der Waals surface area contributed by atoms with Crippen LogP contribution >= 0.6 is 0 Å². The summed E-state index contributed by atoms with van der Waals surface area (Å²) in [7, 11) is 2.95. The second-order valence-electron chi connectivity index (χ2n) is 8.45. The highest BCUT2D eigenvalue weighted by Gasteiger charge is 2.25. The number of hydrogen-bond donors (Lipinski definition) is 1. The number of amides is 2. The molecule has 0 bridgehead atoms. The van der Waals surface area contributed by atoms with Crippen LogP contribution in [0.25, 0.3) is 0 Å². The number of likely N-dealkylation sites (N-methyl/N-ethyl adjacent to an activating group) is 1. The van der Waals surface area contributed by atoms with E-state index in [2.05, 4.69) is 5.32 Å². The maximum atomic E-state index is 12.7. The SMILES string of the molecule is CCN(C(=O)COC(=O)c1ccc(OCC(=O)Nc2ccccc2OC)c(OC)c1)C1CCCCC1. The lowest BCUT2D eigenvalue weighted by Crippen LogP contribution is -2.43. The molecule has 0 aliphatic heterocycles. The molecule has 0 spiro atoms. The Morgan fingerprint density at radius 1 is 0.917 bits per heavy atom. The van der Waals surface area contributed by atoms with Crippen LogP contribution in [0, 0.1) is 0 Å². The zero-order chi connectivity index (χ0) is 25.9. The van der Waals surface area contributed by atoms with Crippen LogP contribution in [0.5, 0.6) is 17.2 Å². The molecule has 36 heavy (non-hydrogen) atoms. The predicted octanol–water partition coefficient (Wildman–Crippen LogP) is 4.06. The average Bonchev–Trinajstić information content (AvgIpc) is 2.91. The van der Waals surface area contributed by atoms with Crippen molar-refractivity contribution in [3.63, 3.8) is 0 Å². The zero-order valence-electron chi connectivity index (χ0n) is 21.1. The Balaban J connectivity index is 1.55. The average molecular weight is 499 g/mol. The van der Waals surface area contributed by atoms with Gasteiger partial charge in [0, 0.05) is 12.6 Å². The highest BCUT2D eigenvalue weighted by atomic mass is 16.5. The van der Waals surface area contributed by atoms with Gasteiger partial charge in [-0.1, -0.05) is 31.4 Å². The largest absolute Gasteiger partial charge is 0.495 e. The summed E-state index contributed by atoms with van der Waals surface area (Å²) in [4.78, 5) is 39.4. The van der Waals surface area contributed by atoms with E-state index in [1.807, 2.05) is 6.92 Å². The molecule has 9 heteroatoms. The van der Waals surface area contributed by atoms with Crippen molar-refractivity contribution in [3.05, 3.63) is 48.0 Å². The maximum absolute atomic E-state index is 12.7. The van der Waals surface area contributed by atoms with Gasteiger partial charge in [-0.15, -0.1) is 0 Å². The zero-order valence-corrected chi connectivity index (χ0v) is 21.1. The number of carbonyl (C=O) groups excluding carboxylic acids is 3. The van der Waals surface area contributed by atoms with Crippen LogP contribution in [0.3, 0.4) is 0 Å². The second kappa shape index (κ2) is 13.4. The maximum Gasteiger partial charge on any atom is 0.338 e. The molecule has 194 valence electrons. The van der Waals surface area contributed by atoms with Crippen molar-refractivity contribution in [2.75, 3.05) is 39.3 Å². The molecule has 0 unspecified atom stereocenters. The van der Waals surface area contributed by atoms with E-state index < -0.39 is 5.97 Å². The summed E-state index contributed by atoms with van der Waals surface area (Å²) in [5.74, 6) is -0.131. The molecule has 0 saturated heterocycles. The molecule has 0 atom stereocenters. The molecule has 1 N–H and O–H groups in total. The topological polar surface area (TPSA) is 103 Å². The summed E-state index contributed by atoms with van der Waals surface area (Å²) in [6.45, 7) is 1.94. The highest BCUT2D eigenvalue weighted by Crippen LogP contribution is 2.29. The molecule has 9 nitrogen and oxygen atoms in total. The van der Waals surface area contributed by atoms with Crippen LogP contribution in [0.2, 0.25) is 0 Å². The number of nitrogens with one attached hydrogen (secondary N) is 1. The number of nitrogens with zero attached hydrogens (tertiary/aromatic N) is 1. The Kier molecular flexibility index (Phi) is 9.97. The first kappa shape index (κ1) is 26.8. The molecule has 0 radical (unpaired) electrons. The van der Waals surface area contributed by atoms with E-state index in [4.69, 9.17) is 18.9 Å². The molecule has 2 aromatic rings. The fourth-order valence-electron chi connectivity index (χ4n) is 4.32. The minimum absolute atomic E-state index is 0.189. The van der Waals surface area contributed by atoms with Crippen molar-refractivity contribution in [2.24, 2.45) is 0 Å². The van der Waals surface area contributed by atoms with Gasteiger partial charge in [-0.25, -0.2) is 4.79 Å². The van der Waals surface area contributed by atoms with Crippen LogP contribution in [-0.2, 0) is 14.3 Å². The third-order valence-corrected chi connectivity index (χ3v) is 6.14. The van der Waals surface area contributed by atoms with Crippen LogP contribution in [0.15, 0.2) is 42.5 Å². The van der Waals surface area contributed by atoms with Crippen LogP contribution in [0.1, 0.15) is 49.4 Å². The molecule has 1 aliphatic rings. The minimum atomic E-state index is -0.637. The van der Waals surface area contributed by atoms with E-state index in [-0.39, 0.29) is 48.1 Å². The van der Waals surface area contributed by atoms with Crippen molar-refractivity contribution in [1.82, 2.24) is 4.90 Å². The smallest absolute Gasteiger partial charge is 0.338 e. The Hall–Kier alpha value is -3.75. The van der Waals surface area contributed by atoms with E-state index in [9.17, 15) is 14.4 Å². The van der Waals surface area contributed by atoms with Gasteiger partial charge >= 0.3 is 5.97 Å². The predicted molar refractivity (Wildman–Crippen MR) is 135 cm³/mol. The van der Waals surface area contributed by atoms with Crippen molar-refractivity contribution in [1.29, 1.82) is 0 Å². The molecule has 1 saturated carbocycles. The third-order valence-electron chi connectivity index (χ3n) is 6.14.